The summed E-state index contributed by atoms with van der Waals surface area (Å²) in [4.78, 5) is 11.6. The van der Waals surface area contributed by atoms with E-state index in [1.807, 2.05) is 69.3 Å². The molecule has 4 heteroatoms. The van der Waals surface area contributed by atoms with Gasteiger partial charge in [0.05, 0.1) is 0 Å². The summed E-state index contributed by atoms with van der Waals surface area (Å²) < 4.78 is 5.20. The summed E-state index contributed by atoms with van der Waals surface area (Å²) >= 11 is 0. The van der Waals surface area contributed by atoms with E-state index in [0.29, 0.717) is 12.2 Å². The summed E-state index contributed by atoms with van der Waals surface area (Å²) in [5.41, 5.74) is 9.30. The molecule has 2 rings (SSSR count). The number of hydrogen-bond donors (Lipinski definition) is 2. The van der Waals surface area contributed by atoms with Crippen LogP contribution in [0.1, 0.15) is 26.3 Å². The van der Waals surface area contributed by atoms with Crippen molar-refractivity contribution in [2.75, 3.05) is 5.73 Å². The summed E-state index contributed by atoms with van der Waals surface area (Å²) in [7, 11) is 0. The Bertz CT molecular complexity index is 646. The molecule has 0 aromatic heterocycles. The molecule has 0 fully saturated rings. The van der Waals surface area contributed by atoms with E-state index < -0.39 is 11.7 Å². The van der Waals surface area contributed by atoms with Crippen LogP contribution in [-0.4, -0.2) is 11.7 Å². The third kappa shape index (κ3) is 4.52. The average molecular weight is 298 g/mol. The number of nitrogen functional groups attached to an aromatic ring is 1. The largest absolute Gasteiger partial charge is 0.444 e. The second-order valence-electron chi connectivity index (χ2n) is 6.14. The number of carbonyl (C=O) groups is 1. The van der Waals surface area contributed by atoms with Crippen LogP contribution < -0.4 is 11.1 Å². The van der Waals surface area contributed by atoms with Gasteiger partial charge in [-0.15, -0.1) is 0 Å². The first-order chi connectivity index (χ1) is 10.3. The molecule has 22 heavy (non-hydrogen) atoms. The van der Waals surface area contributed by atoms with Crippen molar-refractivity contribution in [3.63, 3.8) is 0 Å². The van der Waals surface area contributed by atoms with Crippen LogP contribution in [0.2, 0.25) is 0 Å². The Balaban J connectivity index is 2.03. The number of nitrogens with one attached hydrogen (secondary N) is 1. The molecule has 2 aromatic carbocycles. The van der Waals surface area contributed by atoms with Gasteiger partial charge in [0.2, 0.25) is 0 Å². The van der Waals surface area contributed by atoms with Crippen molar-refractivity contribution in [1.82, 2.24) is 5.32 Å². The molecule has 0 aliphatic rings. The molecular formula is C18H22N2O2. The molecule has 0 saturated heterocycles. The van der Waals surface area contributed by atoms with Gasteiger partial charge < -0.3 is 15.8 Å². The molecule has 3 N–H and O–H groups in total. The fraction of sp³-hybridized carbons (Fsp3) is 0.278. The van der Waals surface area contributed by atoms with Gasteiger partial charge in [-0.1, -0.05) is 42.5 Å². The van der Waals surface area contributed by atoms with Gasteiger partial charge in [0, 0.05) is 17.8 Å². The van der Waals surface area contributed by atoms with E-state index in [1.165, 1.54) is 0 Å². The zero-order valence-electron chi connectivity index (χ0n) is 13.2. The zero-order chi connectivity index (χ0) is 16.2. The van der Waals surface area contributed by atoms with E-state index in [-0.39, 0.29) is 0 Å². The van der Waals surface area contributed by atoms with Gasteiger partial charge in [-0.25, -0.2) is 4.79 Å². The second kappa shape index (κ2) is 6.52. The minimum absolute atomic E-state index is 0.383. The molecule has 0 aliphatic carbocycles. The number of carbonyl (C=O) groups excluding carboxylic acids is 1. The third-order valence-corrected chi connectivity index (χ3v) is 3.04. The van der Waals surface area contributed by atoms with Crippen LogP contribution in [-0.2, 0) is 11.3 Å². The van der Waals surface area contributed by atoms with Gasteiger partial charge in [-0.2, -0.15) is 0 Å². The maximum Gasteiger partial charge on any atom is 0.407 e. The van der Waals surface area contributed by atoms with Crippen molar-refractivity contribution < 1.29 is 9.53 Å². The van der Waals surface area contributed by atoms with Gasteiger partial charge in [-0.3, -0.25) is 0 Å². The Morgan fingerprint density at radius 2 is 1.82 bits per heavy atom. The number of hydrogen-bond acceptors (Lipinski definition) is 3. The Morgan fingerprint density at radius 1 is 1.14 bits per heavy atom. The number of nitrogens with two attached hydrogens (primary N) is 1. The SMILES string of the molecule is CC(C)(C)OC(=O)NCc1ccc(-c2ccccc2)c(N)c1. The van der Waals surface area contributed by atoms with Crippen LogP contribution in [0.3, 0.4) is 0 Å². The lowest BCUT2D eigenvalue weighted by Gasteiger charge is -2.19. The van der Waals surface area contributed by atoms with Gasteiger partial charge in [0.1, 0.15) is 5.60 Å². The summed E-state index contributed by atoms with van der Waals surface area (Å²) in [6, 6.07) is 15.8. The van der Waals surface area contributed by atoms with Crippen LogP contribution >= 0.6 is 0 Å². The minimum atomic E-state index is -0.500. The zero-order valence-corrected chi connectivity index (χ0v) is 13.2. The summed E-state index contributed by atoms with van der Waals surface area (Å²) in [6.07, 6.45) is -0.432. The number of anilines is 1. The Hall–Kier alpha value is -2.49. The van der Waals surface area contributed by atoms with Crippen molar-refractivity contribution in [2.45, 2.75) is 32.9 Å². The van der Waals surface area contributed by atoms with Crippen molar-refractivity contribution in [3.05, 3.63) is 54.1 Å². The van der Waals surface area contributed by atoms with Gasteiger partial charge >= 0.3 is 6.09 Å². The van der Waals surface area contributed by atoms with Crippen LogP contribution in [0.15, 0.2) is 48.5 Å². The fourth-order valence-corrected chi connectivity index (χ4v) is 2.09. The highest BCUT2D eigenvalue weighted by Crippen LogP contribution is 2.26. The standard InChI is InChI=1S/C18H22N2O2/c1-18(2,3)22-17(21)20-12-13-9-10-15(16(19)11-13)14-7-5-4-6-8-14/h4-11H,12,19H2,1-3H3,(H,20,21). The molecule has 1 amide bonds. The number of benzene rings is 2. The van der Waals surface area contributed by atoms with Gasteiger partial charge in [0.15, 0.2) is 0 Å². The molecule has 0 saturated carbocycles. The van der Waals surface area contributed by atoms with E-state index in [1.54, 1.807) is 0 Å². The molecule has 0 radical (unpaired) electrons. The predicted molar refractivity (Wildman–Crippen MR) is 89.4 cm³/mol. The van der Waals surface area contributed by atoms with Crippen LogP contribution in [0.25, 0.3) is 11.1 Å². The first-order valence-corrected chi connectivity index (χ1v) is 7.26. The third-order valence-electron chi connectivity index (χ3n) is 3.04. The summed E-state index contributed by atoms with van der Waals surface area (Å²) in [5.74, 6) is 0. The van der Waals surface area contributed by atoms with Crippen LogP contribution in [0, 0.1) is 0 Å². The maximum absolute atomic E-state index is 11.6. The lowest BCUT2D eigenvalue weighted by molar-refractivity contribution is 0.0523. The number of ether oxygens (including phenoxy) is 1. The maximum atomic E-state index is 11.6. The Kier molecular flexibility index (Phi) is 4.71. The molecule has 0 unspecified atom stereocenters. The monoisotopic (exact) mass is 298 g/mol. The first kappa shape index (κ1) is 15.9. The summed E-state index contributed by atoms with van der Waals surface area (Å²) in [5, 5.41) is 2.73. The number of rotatable bonds is 3. The van der Waals surface area contributed by atoms with E-state index in [0.717, 1.165) is 16.7 Å². The molecule has 0 bridgehead atoms. The molecule has 0 spiro atoms. The van der Waals surface area contributed by atoms with Crippen molar-refractivity contribution >= 4 is 11.8 Å². The average Bonchev–Trinajstić information content (AvgIpc) is 2.44. The molecule has 0 heterocycles. The Labute approximate surface area is 131 Å². The molecule has 4 nitrogen and oxygen atoms in total. The molecule has 2 aromatic rings. The van der Waals surface area contributed by atoms with Crippen molar-refractivity contribution in [1.29, 1.82) is 0 Å². The fourth-order valence-electron chi connectivity index (χ4n) is 2.09. The highest BCUT2D eigenvalue weighted by molar-refractivity contribution is 5.76. The van der Waals surface area contributed by atoms with Crippen molar-refractivity contribution in [2.24, 2.45) is 0 Å². The number of alkyl carbamates (subject to hydrolysis) is 1. The van der Waals surface area contributed by atoms with Crippen LogP contribution in [0.4, 0.5) is 10.5 Å². The van der Waals surface area contributed by atoms with Gasteiger partial charge in [-0.05, 0) is 38.0 Å². The number of amides is 1. The van der Waals surface area contributed by atoms with E-state index in [2.05, 4.69) is 5.32 Å². The lowest BCUT2D eigenvalue weighted by atomic mass is 10.0. The van der Waals surface area contributed by atoms with Crippen LogP contribution in [0.5, 0.6) is 0 Å². The molecule has 0 aliphatic heterocycles. The molecule has 116 valence electrons. The summed E-state index contributed by atoms with van der Waals surface area (Å²) in [6.45, 7) is 5.88. The van der Waals surface area contributed by atoms with Crippen molar-refractivity contribution in [3.8, 4) is 11.1 Å². The lowest BCUT2D eigenvalue weighted by Crippen LogP contribution is -2.32. The Morgan fingerprint density at radius 3 is 2.41 bits per heavy atom. The highest BCUT2D eigenvalue weighted by Gasteiger charge is 2.15. The molecule has 0 atom stereocenters. The minimum Gasteiger partial charge on any atom is -0.444 e. The van der Waals surface area contributed by atoms with E-state index in [4.69, 9.17) is 10.5 Å². The molecular weight excluding hydrogens is 276 g/mol. The van der Waals surface area contributed by atoms with E-state index in [9.17, 15) is 4.79 Å². The van der Waals surface area contributed by atoms with E-state index >= 15 is 0 Å². The van der Waals surface area contributed by atoms with Gasteiger partial charge in [0.25, 0.3) is 0 Å². The topological polar surface area (TPSA) is 64.3 Å². The predicted octanol–water partition coefficient (Wildman–Crippen LogP) is 3.96. The second-order valence-corrected chi connectivity index (χ2v) is 6.14. The highest BCUT2D eigenvalue weighted by atomic mass is 16.6. The first-order valence-electron chi connectivity index (χ1n) is 7.26. The smallest absolute Gasteiger partial charge is 0.407 e. The normalized spacial score (nSPS) is 11.0. The quantitative estimate of drug-likeness (QED) is 0.843.